The number of nitrogens with one attached hydrogen (secondary N) is 1. The molecule has 4 aromatic rings. The minimum absolute atomic E-state index is 0.522. The molecule has 0 aliphatic carbocycles. The number of aromatic nitrogens is 4. The summed E-state index contributed by atoms with van der Waals surface area (Å²) in [5.41, 5.74) is 3.47. The van der Waals surface area contributed by atoms with Gasteiger partial charge < -0.3 is 15.0 Å². The van der Waals surface area contributed by atoms with Gasteiger partial charge in [-0.05, 0) is 44.4 Å². The topological polar surface area (TPSA) is 67.6 Å². The van der Waals surface area contributed by atoms with Gasteiger partial charge in [0.2, 0.25) is 5.95 Å². The van der Waals surface area contributed by atoms with Gasteiger partial charge in [-0.1, -0.05) is 12.1 Å². The van der Waals surface area contributed by atoms with Crippen molar-refractivity contribution in [2.45, 2.75) is 0 Å². The fourth-order valence-electron chi connectivity index (χ4n) is 2.82. The maximum atomic E-state index is 5.79. The van der Waals surface area contributed by atoms with Crippen LogP contribution in [-0.4, -0.2) is 51.5 Å². The van der Waals surface area contributed by atoms with Crippen LogP contribution >= 0.6 is 0 Å². The number of ether oxygens (including phenoxy) is 1. The summed E-state index contributed by atoms with van der Waals surface area (Å²) < 4.78 is 7.80. The van der Waals surface area contributed by atoms with Crippen LogP contribution in [0, 0.1) is 0 Å². The molecule has 0 atom stereocenters. The number of pyridine rings is 1. The van der Waals surface area contributed by atoms with E-state index in [1.807, 2.05) is 79.4 Å². The predicted octanol–water partition coefficient (Wildman–Crippen LogP) is 3.48. The first-order valence-electron chi connectivity index (χ1n) is 9.09. The first kappa shape index (κ1) is 17.9. The van der Waals surface area contributed by atoms with Gasteiger partial charge in [0.25, 0.3) is 0 Å². The average molecular weight is 374 g/mol. The SMILES string of the molecule is CN(C)CCOc1cccc(Nc2nccc(-c3cnc4ccccn34)n2)c1. The number of benzene rings is 1. The normalized spacial score (nSPS) is 11.1. The molecule has 0 saturated heterocycles. The Bertz CT molecular complexity index is 1080. The molecule has 3 aromatic heterocycles. The molecule has 28 heavy (non-hydrogen) atoms. The second kappa shape index (κ2) is 8.06. The summed E-state index contributed by atoms with van der Waals surface area (Å²) >= 11 is 0. The molecule has 0 bridgehead atoms. The van der Waals surface area contributed by atoms with Crippen LogP contribution in [0.25, 0.3) is 17.0 Å². The summed E-state index contributed by atoms with van der Waals surface area (Å²) in [6.45, 7) is 1.50. The van der Waals surface area contributed by atoms with Crippen molar-refractivity contribution in [3.63, 3.8) is 0 Å². The Balaban J connectivity index is 1.53. The number of hydrogen-bond acceptors (Lipinski definition) is 6. The van der Waals surface area contributed by atoms with E-state index in [0.29, 0.717) is 12.6 Å². The van der Waals surface area contributed by atoms with Crippen LogP contribution in [0.4, 0.5) is 11.6 Å². The number of fused-ring (bicyclic) bond motifs is 1. The molecule has 142 valence electrons. The molecule has 0 saturated carbocycles. The van der Waals surface area contributed by atoms with E-state index in [4.69, 9.17) is 4.74 Å². The summed E-state index contributed by atoms with van der Waals surface area (Å²) in [5, 5.41) is 3.25. The van der Waals surface area contributed by atoms with Gasteiger partial charge in [0, 0.05) is 30.7 Å². The summed E-state index contributed by atoms with van der Waals surface area (Å²) in [5.74, 6) is 1.33. The van der Waals surface area contributed by atoms with Crippen molar-refractivity contribution in [2.24, 2.45) is 0 Å². The summed E-state index contributed by atoms with van der Waals surface area (Å²) in [6.07, 6.45) is 5.53. The number of rotatable bonds is 7. The molecular formula is C21H22N6O. The molecule has 0 aliphatic heterocycles. The van der Waals surface area contributed by atoms with E-state index in [2.05, 4.69) is 25.2 Å². The third kappa shape index (κ3) is 4.10. The van der Waals surface area contributed by atoms with Gasteiger partial charge in [-0.3, -0.25) is 4.40 Å². The van der Waals surface area contributed by atoms with Gasteiger partial charge >= 0.3 is 0 Å². The lowest BCUT2D eigenvalue weighted by molar-refractivity contribution is 0.261. The van der Waals surface area contributed by atoms with Crippen molar-refractivity contribution in [1.82, 2.24) is 24.3 Å². The molecule has 1 N–H and O–H groups in total. The summed E-state index contributed by atoms with van der Waals surface area (Å²) in [7, 11) is 4.05. The zero-order valence-corrected chi connectivity index (χ0v) is 15.9. The molecule has 3 heterocycles. The number of imidazole rings is 1. The molecule has 7 nitrogen and oxygen atoms in total. The zero-order chi connectivity index (χ0) is 19.3. The average Bonchev–Trinajstić information content (AvgIpc) is 3.12. The van der Waals surface area contributed by atoms with Gasteiger partial charge in [0.1, 0.15) is 18.0 Å². The fourth-order valence-corrected chi connectivity index (χ4v) is 2.82. The Morgan fingerprint density at radius 1 is 1.07 bits per heavy atom. The zero-order valence-electron chi connectivity index (χ0n) is 15.9. The number of likely N-dealkylation sites (N-methyl/N-ethyl adjacent to an activating group) is 1. The highest BCUT2D eigenvalue weighted by molar-refractivity contribution is 5.62. The molecule has 0 unspecified atom stereocenters. The van der Waals surface area contributed by atoms with E-state index in [1.54, 1.807) is 6.20 Å². The molecule has 7 heteroatoms. The van der Waals surface area contributed by atoms with Crippen molar-refractivity contribution in [3.8, 4) is 17.1 Å². The number of nitrogens with zero attached hydrogens (tertiary/aromatic N) is 5. The fraction of sp³-hybridized carbons (Fsp3) is 0.190. The minimum atomic E-state index is 0.522. The molecule has 4 rings (SSSR count). The Morgan fingerprint density at radius 3 is 2.89 bits per heavy atom. The molecule has 0 amide bonds. The number of hydrogen-bond donors (Lipinski definition) is 1. The Kier molecular flexibility index (Phi) is 5.16. The van der Waals surface area contributed by atoms with Crippen molar-refractivity contribution < 1.29 is 4.74 Å². The molecule has 0 fully saturated rings. The monoisotopic (exact) mass is 374 g/mol. The van der Waals surface area contributed by atoms with E-state index >= 15 is 0 Å². The van der Waals surface area contributed by atoms with Crippen molar-refractivity contribution in [3.05, 3.63) is 67.1 Å². The van der Waals surface area contributed by atoms with E-state index in [-0.39, 0.29) is 0 Å². The van der Waals surface area contributed by atoms with Gasteiger partial charge in [-0.15, -0.1) is 0 Å². The lowest BCUT2D eigenvalue weighted by Crippen LogP contribution is -2.19. The maximum absolute atomic E-state index is 5.79. The summed E-state index contributed by atoms with van der Waals surface area (Å²) in [4.78, 5) is 15.5. The van der Waals surface area contributed by atoms with Crippen LogP contribution in [0.3, 0.4) is 0 Å². The quantitative estimate of drug-likeness (QED) is 0.534. The standard InChI is InChI=1S/C21H22N6O/c1-26(2)12-13-28-17-7-5-6-16(14-17)24-21-22-10-9-18(25-21)19-15-23-20-8-3-4-11-27(19)20/h3-11,14-15H,12-13H2,1-2H3,(H,22,24,25). The lowest BCUT2D eigenvalue weighted by atomic mass is 10.3. The Labute approximate surface area is 163 Å². The lowest BCUT2D eigenvalue weighted by Gasteiger charge is -2.12. The van der Waals surface area contributed by atoms with Crippen LogP contribution in [0.2, 0.25) is 0 Å². The molecule has 0 radical (unpaired) electrons. The van der Waals surface area contributed by atoms with Crippen LogP contribution in [0.5, 0.6) is 5.75 Å². The van der Waals surface area contributed by atoms with Crippen molar-refractivity contribution in [1.29, 1.82) is 0 Å². The highest BCUT2D eigenvalue weighted by Gasteiger charge is 2.08. The second-order valence-corrected chi connectivity index (χ2v) is 6.64. The highest BCUT2D eigenvalue weighted by Crippen LogP contribution is 2.22. The van der Waals surface area contributed by atoms with Crippen LogP contribution in [0.15, 0.2) is 67.1 Å². The van der Waals surface area contributed by atoms with E-state index in [0.717, 1.165) is 35.0 Å². The third-order valence-corrected chi connectivity index (χ3v) is 4.23. The van der Waals surface area contributed by atoms with E-state index < -0.39 is 0 Å². The molecular weight excluding hydrogens is 352 g/mol. The van der Waals surface area contributed by atoms with Crippen LogP contribution < -0.4 is 10.1 Å². The smallest absolute Gasteiger partial charge is 0.227 e. The van der Waals surface area contributed by atoms with Gasteiger partial charge in [0.15, 0.2) is 0 Å². The summed E-state index contributed by atoms with van der Waals surface area (Å²) in [6, 6.07) is 15.6. The van der Waals surface area contributed by atoms with Crippen molar-refractivity contribution >= 4 is 17.3 Å². The second-order valence-electron chi connectivity index (χ2n) is 6.64. The largest absolute Gasteiger partial charge is 0.492 e. The van der Waals surface area contributed by atoms with Crippen LogP contribution in [0.1, 0.15) is 0 Å². The Hall–Kier alpha value is -3.45. The van der Waals surface area contributed by atoms with E-state index in [9.17, 15) is 0 Å². The van der Waals surface area contributed by atoms with Crippen LogP contribution in [-0.2, 0) is 0 Å². The Morgan fingerprint density at radius 2 is 2.00 bits per heavy atom. The first-order chi connectivity index (χ1) is 13.7. The van der Waals surface area contributed by atoms with Gasteiger partial charge in [-0.2, -0.15) is 0 Å². The van der Waals surface area contributed by atoms with E-state index in [1.165, 1.54) is 0 Å². The van der Waals surface area contributed by atoms with Crippen molar-refractivity contribution in [2.75, 3.05) is 32.6 Å². The van der Waals surface area contributed by atoms with Gasteiger partial charge in [-0.25, -0.2) is 15.0 Å². The maximum Gasteiger partial charge on any atom is 0.227 e. The first-order valence-corrected chi connectivity index (χ1v) is 9.09. The molecule has 0 aliphatic rings. The van der Waals surface area contributed by atoms with Gasteiger partial charge in [0.05, 0.1) is 17.6 Å². The third-order valence-electron chi connectivity index (χ3n) is 4.23. The number of anilines is 2. The minimum Gasteiger partial charge on any atom is -0.492 e. The predicted molar refractivity (Wildman–Crippen MR) is 110 cm³/mol. The molecule has 1 aromatic carbocycles. The highest BCUT2D eigenvalue weighted by atomic mass is 16.5. The molecule has 0 spiro atoms.